The van der Waals surface area contributed by atoms with Gasteiger partial charge in [0.15, 0.2) is 5.17 Å². The molecule has 0 saturated heterocycles. The maximum absolute atomic E-state index is 6.76. The van der Waals surface area contributed by atoms with Crippen LogP contribution in [0.4, 0.5) is 0 Å². The van der Waals surface area contributed by atoms with Gasteiger partial charge in [-0.25, -0.2) is 0 Å². The van der Waals surface area contributed by atoms with Gasteiger partial charge < -0.3 is 10.5 Å². The second kappa shape index (κ2) is 4.93. The smallest absolute Gasteiger partial charge is 0.151 e. The van der Waals surface area contributed by atoms with Crippen LogP contribution in [-0.2, 0) is 4.74 Å². The van der Waals surface area contributed by atoms with E-state index in [9.17, 15) is 0 Å². The number of amidine groups is 1. The van der Waals surface area contributed by atoms with Crippen molar-refractivity contribution in [3.8, 4) is 0 Å². The van der Waals surface area contributed by atoms with E-state index in [0.717, 1.165) is 5.75 Å². The molecular weight excluding hydrogens is 124 g/mol. The molecule has 0 spiro atoms. The Morgan fingerprint density at radius 1 is 1.88 bits per heavy atom. The summed E-state index contributed by atoms with van der Waals surface area (Å²) < 4.78 is 4.72. The lowest BCUT2D eigenvalue weighted by molar-refractivity contribution is 0.219. The molecule has 3 nitrogen and oxygen atoms in total. The molecule has 0 saturated carbocycles. The zero-order chi connectivity index (χ0) is 6.41. The first-order valence-corrected chi connectivity index (χ1v) is 3.21. The molecule has 8 heavy (non-hydrogen) atoms. The SMILES string of the molecule is COCCSC(=N)N. The molecule has 0 aromatic rings. The number of nitrogens with one attached hydrogen (secondary N) is 1. The fourth-order valence-corrected chi connectivity index (χ4v) is 0.705. The highest BCUT2D eigenvalue weighted by Gasteiger charge is 1.87. The monoisotopic (exact) mass is 134 g/mol. The van der Waals surface area contributed by atoms with Crippen LogP contribution < -0.4 is 5.73 Å². The van der Waals surface area contributed by atoms with Gasteiger partial charge in [-0.1, -0.05) is 11.8 Å². The summed E-state index contributed by atoms with van der Waals surface area (Å²) in [5.41, 5.74) is 5.02. The van der Waals surface area contributed by atoms with Gasteiger partial charge in [0.1, 0.15) is 0 Å². The van der Waals surface area contributed by atoms with Crippen molar-refractivity contribution in [1.29, 1.82) is 5.41 Å². The highest BCUT2D eigenvalue weighted by Crippen LogP contribution is 1.95. The molecule has 48 valence electrons. The summed E-state index contributed by atoms with van der Waals surface area (Å²) in [5.74, 6) is 0.770. The molecule has 0 aliphatic carbocycles. The third-order valence-electron chi connectivity index (χ3n) is 0.545. The Morgan fingerprint density at radius 3 is 2.88 bits per heavy atom. The summed E-state index contributed by atoms with van der Waals surface area (Å²) >= 11 is 1.29. The number of rotatable bonds is 3. The highest BCUT2D eigenvalue weighted by atomic mass is 32.2. The van der Waals surface area contributed by atoms with Crippen molar-refractivity contribution in [3.05, 3.63) is 0 Å². The van der Waals surface area contributed by atoms with E-state index < -0.39 is 0 Å². The number of thioether (sulfide) groups is 1. The zero-order valence-electron chi connectivity index (χ0n) is 4.81. The third kappa shape index (κ3) is 5.78. The van der Waals surface area contributed by atoms with Crippen molar-refractivity contribution >= 4 is 16.9 Å². The Morgan fingerprint density at radius 2 is 2.50 bits per heavy atom. The largest absolute Gasteiger partial charge is 0.384 e. The van der Waals surface area contributed by atoms with Crippen LogP contribution in [0.25, 0.3) is 0 Å². The molecule has 0 aromatic heterocycles. The minimum absolute atomic E-state index is 0.155. The Bertz CT molecular complexity index is 76.4. The van der Waals surface area contributed by atoms with Gasteiger partial charge in [0.25, 0.3) is 0 Å². The number of methoxy groups -OCH3 is 1. The molecule has 0 atom stereocenters. The molecule has 0 fully saturated rings. The first kappa shape index (κ1) is 7.78. The van der Waals surface area contributed by atoms with E-state index in [2.05, 4.69) is 0 Å². The van der Waals surface area contributed by atoms with Crippen molar-refractivity contribution < 1.29 is 4.74 Å². The standard InChI is InChI=1S/C4H10N2OS/c1-7-2-3-8-4(5)6/h2-3H2,1H3,(H3,5,6). The lowest BCUT2D eigenvalue weighted by atomic mass is 10.9. The fourth-order valence-electron chi connectivity index (χ4n) is 0.235. The molecule has 0 amide bonds. The van der Waals surface area contributed by atoms with Crippen LogP contribution in [-0.4, -0.2) is 24.6 Å². The van der Waals surface area contributed by atoms with Crippen molar-refractivity contribution in [3.63, 3.8) is 0 Å². The van der Waals surface area contributed by atoms with Crippen LogP contribution >= 0.6 is 11.8 Å². The predicted octanol–water partition coefficient (Wildman–Crippen LogP) is 0.259. The predicted molar refractivity (Wildman–Crippen MR) is 36.2 cm³/mol. The number of ether oxygens (including phenoxy) is 1. The van der Waals surface area contributed by atoms with Gasteiger partial charge >= 0.3 is 0 Å². The normalized spacial score (nSPS) is 9.12. The Kier molecular flexibility index (Phi) is 4.79. The molecule has 3 N–H and O–H groups in total. The van der Waals surface area contributed by atoms with Gasteiger partial charge in [0.2, 0.25) is 0 Å². The van der Waals surface area contributed by atoms with Gasteiger partial charge in [0.05, 0.1) is 6.61 Å². The van der Waals surface area contributed by atoms with E-state index in [1.165, 1.54) is 11.8 Å². The van der Waals surface area contributed by atoms with Crippen LogP contribution in [0.1, 0.15) is 0 Å². The van der Waals surface area contributed by atoms with Crippen LogP contribution in [0.3, 0.4) is 0 Å². The van der Waals surface area contributed by atoms with E-state index in [-0.39, 0.29) is 5.17 Å². The molecule has 0 aliphatic heterocycles. The molecule has 0 aliphatic rings. The Labute approximate surface area is 53.1 Å². The number of nitrogens with two attached hydrogens (primary N) is 1. The molecule has 0 unspecified atom stereocenters. The van der Waals surface area contributed by atoms with E-state index in [0.29, 0.717) is 6.61 Å². The maximum atomic E-state index is 6.76. The summed E-state index contributed by atoms with van der Waals surface area (Å²) in [6.45, 7) is 0.657. The Balaban J connectivity index is 2.82. The second-order valence-corrected chi connectivity index (χ2v) is 2.34. The van der Waals surface area contributed by atoms with Gasteiger partial charge in [-0.05, 0) is 0 Å². The van der Waals surface area contributed by atoms with Crippen molar-refractivity contribution in [1.82, 2.24) is 0 Å². The van der Waals surface area contributed by atoms with E-state index in [1.807, 2.05) is 0 Å². The molecule has 0 radical (unpaired) electrons. The average Bonchev–Trinajstić information content (AvgIpc) is 1.66. The van der Waals surface area contributed by atoms with Gasteiger partial charge in [0, 0.05) is 12.9 Å². The fraction of sp³-hybridized carbons (Fsp3) is 0.750. The molecule has 0 bridgehead atoms. The Hall–Kier alpha value is -0.220. The first-order valence-electron chi connectivity index (χ1n) is 2.23. The summed E-state index contributed by atoms with van der Waals surface area (Å²) in [7, 11) is 1.63. The first-order chi connectivity index (χ1) is 3.77. The van der Waals surface area contributed by atoms with Crippen LogP contribution in [0.2, 0.25) is 0 Å². The second-order valence-electron chi connectivity index (χ2n) is 1.21. The minimum atomic E-state index is 0.155. The molecule has 0 heterocycles. The van der Waals surface area contributed by atoms with E-state index >= 15 is 0 Å². The third-order valence-corrected chi connectivity index (χ3v) is 1.23. The van der Waals surface area contributed by atoms with Crippen molar-refractivity contribution in [2.75, 3.05) is 19.5 Å². The topological polar surface area (TPSA) is 59.1 Å². The molecule has 0 rings (SSSR count). The molecular formula is C4H10N2OS. The van der Waals surface area contributed by atoms with Gasteiger partial charge in [-0.2, -0.15) is 0 Å². The van der Waals surface area contributed by atoms with Gasteiger partial charge in [-0.15, -0.1) is 0 Å². The molecule has 0 aromatic carbocycles. The van der Waals surface area contributed by atoms with Crippen LogP contribution in [0.5, 0.6) is 0 Å². The highest BCUT2D eigenvalue weighted by molar-refractivity contribution is 8.13. The van der Waals surface area contributed by atoms with Crippen molar-refractivity contribution in [2.24, 2.45) is 5.73 Å². The van der Waals surface area contributed by atoms with Crippen LogP contribution in [0.15, 0.2) is 0 Å². The summed E-state index contributed by atoms with van der Waals surface area (Å²) in [6, 6.07) is 0. The maximum Gasteiger partial charge on any atom is 0.151 e. The quantitative estimate of drug-likeness (QED) is 0.330. The molecule has 4 heteroatoms. The lowest BCUT2D eigenvalue weighted by Crippen LogP contribution is -2.06. The summed E-state index contributed by atoms with van der Waals surface area (Å²) in [5, 5.41) is 6.91. The van der Waals surface area contributed by atoms with Crippen molar-refractivity contribution in [2.45, 2.75) is 0 Å². The van der Waals surface area contributed by atoms with Gasteiger partial charge in [-0.3, -0.25) is 5.41 Å². The van der Waals surface area contributed by atoms with E-state index in [4.69, 9.17) is 15.9 Å². The lowest BCUT2D eigenvalue weighted by Gasteiger charge is -1.94. The average molecular weight is 134 g/mol. The van der Waals surface area contributed by atoms with E-state index in [1.54, 1.807) is 7.11 Å². The minimum Gasteiger partial charge on any atom is -0.384 e. The zero-order valence-corrected chi connectivity index (χ0v) is 5.62. The number of hydrogen-bond donors (Lipinski definition) is 2. The summed E-state index contributed by atoms with van der Waals surface area (Å²) in [4.78, 5) is 0. The van der Waals surface area contributed by atoms with Crippen LogP contribution in [0, 0.1) is 5.41 Å². The summed E-state index contributed by atoms with van der Waals surface area (Å²) in [6.07, 6.45) is 0. The number of hydrogen-bond acceptors (Lipinski definition) is 3.